The number of benzene rings is 1. The molecule has 8 nitrogen and oxygen atoms in total. The van der Waals surface area contributed by atoms with Gasteiger partial charge in [0.15, 0.2) is 0 Å². The topological polar surface area (TPSA) is 113 Å². The molecule has 1 aromatic carbocycles. The number of nitro groups is 1. The Morgan fingerprint density at radius 1 is 1.48 bits per heavy atom. The number of halogens is 1. The second-order valence-corrected chi connectivity index (χ2v) is 4.74. The molecule has 0 aliphatic carbocycles. The molecule has 0 unspecified atom stereocenters. The van der Waals surface area contributed by atoms with Crippen LogP contribution in [0.5, 0.6) is 0 Å². The average Bonchev–Trinajstić information content (AvgIpc) is 2.42. The molecule has 0 radical (unpaired) electrons. The van der Waals surface area contributed by atoms with Crippen molar-refractivity contribution in [2.24, 2.45) is 5.10 Å². The molecule has 110 valence electrons. The van der Waals surface area contributed by atoms with E-state index in [1.807, 2.05) is 0 Å². The number of carboxylic acid groups (broad SMARTS) is 1. The van der Waals surface area contributed by atoms with Crippen LogP contribution in [0.4, 0.5) is 5.69 Å². The van der Waals surface area contributed by atoms with Gasteiger partial charge in [0.25, 0.3) is 5.69 Å². The lowest BCUT2D eigenvalue weighted by Gasteiger charge is -2.22. The van der Waals surface area contributed by atoms with E-state index in [0.29, 0.717) is 5.56 Å². The first kappa shape index (κ1) is 14.9. The van der Waals surface area contributed by atoms with E-state index < -0.39 is 10.9 Å². The molecule has 0 spiro atoms. The van der Waals surface area contributed by atoms with Gasteiger partial charge in [-0.05, 0) is 11.6 Å². The summed E-state index contributed by atoms with van der Waals surface area (Å²) >= 11 is 5.93. The first-order valence-corrected chi connectivity index (χ1v) is 6.30. The van der Waals surface area contributed by atoms with Gasteiger partial charge in [-0.2, -0.15) is 5.10 Å². The molecule has 9 heteroatoms. The molecule has 0 saturated carbocycles. The van der Waals surface area contributed by atoms with Crippen molar-refractivity contribution in [2.75, 3.05) is 0 Å². The van der Waals surface area contributed by atoms with Gasteiger partial charge in [-0.15, -0.1) is 0 Å². The highest BCUT2D eigenvalue weighted by atomic mass is 35.5. The predicted octanol–water partition coefficient (Wildman–Crippen LogP) is 1.81. The molecule has 1 aliphatic heterocycles. The molecule has 21 heavy (non-hydrogen) atoms. The van der Waals surface area contributed by atoms with Gasteiger partial charge in [0.2, 0.25) is 5.91 Å². The molecule has 0 saturated heterocycles. The zero-order valence-corrected chi connectivity index (χ0v) is 11.4. The van der Waals surface area contributed by atoms with Gasteiger partial charge < -0.3 is 5.11 Å². The fraction of sp³-hybridized carbons (Fsp3) is 0.250. The van der Waals surface area contributed by atoms with E-state index in [-0.39, 0.29) is 41.7 Å². The summed E-state index contributed by atoms with van der Waals surface area (Å²) in [6, 6.07) is 3.85. The van der Waals surface area contributed by atoms with E-state index in [2.05, 4.69) is 5.10 Å². The number of carbonyl (C=O) groups excluding carboxylic acids is 1. The summed E-state index contributed by atoms with van der Waals surface area (Å²) in [5, 5.41) is 24.4. The molecular formula is C12H10ClN3O5. The SMILES string of the molecule is O=C(O)C1=NN(Cc2ccc([N+](=O)[O-])cc2Cl)C(=O)CC1. The minimum absolute atomic E-state index is 0.0353. The van der Waals surface area contributed by atoms with Crippen LogP contribution in [0.1, 0.15) is 18.4 Å². The number of aliphatic carboxylic acids is 1. The van der Waals surface area contributed by atoms with E-state index >= 15 is 0 Å². The predicted molar refractivity (Wildman–Crippen MR) is 73.0 cm³/mol. The Kier molecular flexibility index (Phi) is 4.18. The number of non-ortho nitro benzene ring substituents is 1. The van der Waals surface area contributed by atoms with Crippen LogP contribution in [0.3, 0.4) is 0 Å². The van der Waals surface area contributed by atoms with Gasteiger partial charge >= 0.3 is 5.97 Å². The van der Waals surface area contributed by atoms with Crippen molar-refractivity contribution in [1.29, 1.82) is 0 Å². The number of hydrogen-bond donors (Lipinski definition) is 1. The highest BCUT2D eigenvalue weighted by Crippen LogP contribution is 2.24. The Morgan fingerprint density at radius 3 is 2.76 bits per heavy atom. The quantitative estimate of drug-likeness (QED) is 0.673. The molecule has 0 atom stereocenters. The third-order valence-electron chi connectivity index (χ3n) is 2.92. The fourth-order valence-electron chi connectivity index (χ4n) is 1.82. The lowest BCUT2D eigenvalue weighted by Crippen LogP contribution is -2.33. The van der Waals surface area contributed by atoms with E-state index in [9.17, 15) is 19.7 Å². The van der Waals surface area contributed by atoms with Crippen LogP contribution >= 0.6 is 11.6 Å². The normalized spacial score (nSPS) is 14.8. The number of carboxylic acids is 1. The zero-order valence-electron chi connectivity index (χ0n) is 10.7. The van der Waals surface area contributed by atoms with Crippen LogP contribution < -0.4 is 0 Å². The van der Waals surface area contributed by atoms with Gasteiger partial charge in [0, 0.05) is 25.0 Å². The molecule has 0 bridgehead atoms. The molecule has 1 heterocycles. The van der Waals surface area contributed by atoms with Gasteiger partial charge in [-0.3, -0.25) is 14.9 Å². The van der Waals surface area contributed by atoms with Gasteiger partial charge in [-0.1, -0.05) is 11.6 Å². The minimum atomic E-state index is -1.18. The highest BCUT2D eigenvalue weighted by Gasteiger charge is 2.25. The number of nitro benzene ring substituents is 1. The van der Waals surface area contributed by atoms with E-state index in [1.54, 1.807) is 0 Å². The van der Waals surface area contributed by atoms with Crippen molar-refractivity contribution in [1.82, 2.24) is 5.01 Å². The first-order chi connectivity index (χ1) is 9.88. The van der Waals surface area contributed by atoms with Crippen LogP contribution in [0.2, 0.25) is 5.02 Å². The molecular weight excluding hydrogens is 302 g/mol. The van der Waals surface area contributed by atoms with Crippen molar-refractivity contribution >= 4 is 34.9 Å². The summed E-state index contributed by atoms with van der Waals surface area (Å²) in [7, 11) is 0. The van der Waals surface area contributed by atoms with Gasteiger partial charge in [-0.25, -0.2) is 9.80 Å². The molecule has 1 amide bonds. The number of nitrogens with zero attached hydrogens (tertiary/aromatic N) is 3. The number of amides is 1. The van der Waals surface area contributed by atoms with Crippen LogP contribution in [0.15, 0.2) is 23.3 Å². The summed E-state index contributed by atoms with van der Waals surface area (Å²) in [5.41, 5.74) is 0.182. The Labute approximate surface area is 123 Å². The van der Waals surface area contributed by atoms with Crippen molar-refractivity contribution in [2.45, 2.75) is 19.4 Å². The molecule has 0 aromatic heterocycles. The highest BCUT2D eigenvalue weighted by molar-refractivity contribution is 6.36. The second kappa shape index (κ2) is 5.88. The lowest BCUT2D eigenvalue weighted by molar-refractivity contribution is -0.384. The zero-order chi connectivity index (χ0) is 15.6. The average molecular weight is 312 g/mol. The van der Waals surface area contributed by atoms with E-state index in [0.717, 1.165) is 5.01 Å². The third kappa shape index (κ3) is 3.34. The summed E-state index contributed by atoms with van der Waals surface area (Å²) in [6.07, 6.45) is 0.133. The van der Waals surface area contributed by atoms with Gasteiger partial charge in [0.1, 0.15) is 5.71 Å². The second-order valence-electron chi connectivity index (χ2n) is 4.34. The van der Waals surface area contributed by atoms with Crippen molar-refractivity contribution in [3.63, 3.8) is 0 Å². The molecule has 1 aromatic rings. The monoisotopic (exact) mass is 311 g/mol. The maximum absolute atomic E-state index is 11.7. The van der Waals surface area contributed by atoms with Crippen molar-refractivity contribution in [3.8, 4) is 0 Å². The van der Waals surface area contributed by atoms with Crippen LogP contribution in [0, 0.1) is 10.1 Å². The number of hydrazone groups is 1. The van der Waals surface area contributed by atoms with Crippen LogP contribution in [0.25, 0.3) is 0 Å². The lowest BCUT2D eigenvalue weighted by atomic mass is 10.1. The molecule has 1 aliphatic rings. The molecule has 1 N–H and O–H groups in total. The largest absolute Gasteiger partial charge is 0.477 e. The third-order valence-corrected chi connectivity index (χ3v) is 3.27. The Hall–Kier alpha value is -2.48. The van der Waals surface area contributed by atoms with Gasteiger partial charge in [0.05, 0.1) is 16.5 Å². The summed E-state index contributed by atoms with van der Waals surface area (Å²) in [4.78, 5) is 32.6. The Morgan fingerprint density at radius 2 is 2.19 bits per heavy atom. The number of rotatable bonds is 4. The summed E-state index contributed by atoms with van der Waals surface area (Å²) < 4.78 is 0. The maximum Gasteiger partial charge on any atom is 0.352 e. The summed E-state index contributed by atoms with van der Waals surface area (Å²) in [6.45, 7) is -0.0353. The number of carbonyl (C=O) groups is 2. The smallest absolute Gasteiger partial charge is 0.352 e. The summed E-state index contributed by atoms with van der Waals surface area (Å²) in [5.74, 6) is -1.50. The van der Waals surface area contributed by atoms with Crippen LogP contribution in [-0.4, -0.2) is 32.6 Å². The van der Waals surface area contributed by atoms with Crippen LogP contribution in [-0.2, 0) is 16.1 Å². The maximum atomic E-state index is 11.7. The number of hydrogen-bond acceptors (Lipinski definition) is 5. The molecule has 2 rings (SSSR count). The standard InChI is InChI=1S/C12H10ClN3O5/c13-9-5-8(16(20)21)2-1-7(9)6-15-11(17)4-3-10(14-15)12(18)19/h1-2,5H,3-4,6H2,(H,18,19). The fourth-order valence-corrected chi connectivity index (χ4v) is 2.05. The molecule has 0 fully saturated rings. The minimum Gasteiger partial charge on any atom is -0.477 e. The van der Waals surface area contributed by atoms with Crippen molar-refractivity contribution < 1.29 is 19.6 Å². The van der Waals surface area contributed by atoms with E-state index in [4.69, 9.17) is 16.7 Å². The van der Waals surface area contributed by atoms with Crippen molar-refractivity contribution in [3.05, 3.63) is 38.9 Å². The Balaban J connectivity index is 2.24. The first-order valence-electron chi connectivity index (χ1n) is 5.92. The Bertz CT molecular complexity index is 658. The van der Waals surface area contributed by atoms with E-state index in [1.165, 1.54) is 18.2 Å².